The minimum atomic E-state index is -2.96. The molecule has 12 nitrogen and oxygen atoms in total. The molecule has 3 unspecified atom stereocenters. The van der Waals surface area contributed by atoms with Crippen LogP contribution >= 0.6 is 0 Å². The molecule has 0 bridgehead atoms. The van der Waals surface area contributed by atoms with Crippen molar-refractivity contribution < 1.29 is 37.8 Å². The summed E-state index contributed by atoms with van der Waals surface area (Å²) in [6, 6.07) is 11.6. The molecule has 4 rings (SSSR count). The molecule has 1 fully saturated rings. The number of alkyl carbamates (subject to hydrolysis) is 1. The number of benzene rings is 2. The van der Waals surface area contributed by atoms with Gasteiger partial charge >= 0.3 is 12.1 Å². The van der Waals surface area contributed by atoms with Crippen LogP contribution < -0.4 is 16.2 Å². The van der Waals surface area contributed by atoms with Crippen molar-refractivity contribution in [1.29, 1.82) is 0 Å². The van der Waals surface area contributed by atoms with Crippen molar-refractivity contribution >= 4 is 41.0 Å². The zero-order valence-electron chi connectivity index (χ0n) is 27.9. The van der Waals surface area contributed by atoms with E-state index in [-0.39, 0.29) is 25.1 Å². The van der Waals surface area contributed by atoms with Crippen LogP contribution in [0.25, 0.3) is 28.4 Å². The number of aromatic nitrogens is 2. The molecule has 3 atom stereocenters. The number of rotatable bonds is 12. The number of alkyl halides is 2. The molecular formula is C35H43F2N5O7. The van der Waals surface area contributed by atoms with E-state index >= 15 is 0 Å². The lowest BCUT2D eigenvalue weighted by atomic mass is 10.0. The monoisotopic (exact) mass is 683 g/mol. The summed E-state index contributed by atoms with van der Waals surface area (Å²) in [6.07, 6.45) is 0.799. The summed E-state index contributed by atoms with van der Waals surface area (Å²) in [6.45, 7) is 7.24. The van der Waals surface area contributed by atoms with Gasteiger partial charge in [0.1, 0.15) is 24.3 Å². The smallest absolute Gasteiger partial charge is 0.407 e. The van der Waals surface area contributed by atoms with E-state index in [1.54, 1.807) is 30.4 Å². The molecule has 0 aliphatic carbocycles. The second-order valence-electron chi connectivity index (χ2n) is 12.2. The number of ether oxygens (including phenoxy) is 1. The largest absolute Gasteiger partial charge is 0.480 e. The molecule has 1 aliphatic heterocycles. The third kappa shape index (κ3) is 11.5. The molecule has 2 aromatic carbocycles. The predicted octanol–water partition coefficient (Wildman–Crippen LogP) is 4.84. The van der Waals surface area contributed by atoms with E-state index < -0.39 is 54.8 Å². The Labute approximate surface area is 282 Å². The number of nitrogens with one attached hydrogen (secondary N) is 3. The molecular weight excluding hydrogens is 640 g/mol. The van der Waals surface area contributed by atoms with Gasteiger partial charge in [0.25, 0.3) is 5.56 Å². The van der Waals surface area contributed by atoms with Crippen LogP contribution in [0.1, 0.15) is 52.5 Å². The number of amides is 3. The Hall–Kier alpha value is -5.14. The number of H-pyrrole nitrogens is 1. The van der Waals surface area contributed by atoms with Crippen LogP contribution in [0.5, 0.6) is 0 Å². The molecule has 264 valence electrons. The fourth-order valence-electron chi connectivity index (χ4n) is 4.91. The number of fused-ring (bicyclic) bond motifs is 1. The van der Waals surface area contributed by atoms with Gasteiger partial charge in [-0.15, -0.1) is 0 Å². The lowest BCUT2D eigenvalue weighted by Crippen LogP contribution is -2.54. The van der Waals surface area contributed by atoms with Crippen LogP contribution in [0, 0.1) is 11.8 Å². The Morgan fingerprint density at radius 3 is 2.51 bits per heavy atom. The van der Waals surface area contributed by atoms with E-state index in [4.69, 9.17) is 4.74 Å². The minimum Gasteiger partial charge on any atom is -0.480 e. The van der Waals surface area contributed by atoms with Crippen molar-refractivity contribution in [2.45, 2.75) is 65.5 Å². The summed E-state index contributed by atoms with van der Waals surface area (Å²) in [5, 5.41) is 13.7. The number of aliphatic carboxylic acids is 1. The van der Waals surface area contributed by atoms with E-state index in [0.29, 0.717) is 35.1 Å². The first-order valence-corrected chi connectivity index (χ1v) is 16.1. The summed E-state index contributed by atoms with van der Waals surface area (Å²) in [5.41, 5.74) is 2.76. The third-order valence-electron chi connectivity index (χ3n) is 7.33. The average molecular weight is 684 g/mol. The number of halogens is 2. The van der Waals surface area contributed by atoms with Gasteiger partial charge in [0, 0.05) is 18.0 Å². The van der Waals surface area contributed by atoms with Crippen LogP contribution in [-0.2, 0) is 19.1 Å². The molecule has 14 heteroatoms. The highest BCUT2D eigenvalue weighted by Crippen LogP contribution is 2.20. The molecule has 2 heterocycles. The van der Waals surface area contributed by atoms with Crippen LogP contribution in [0.15, 0.2) is 59.4 Å². The number of carboxylic acid groups (broad SMARTS) is 1. The fourth-order valence-corrected chi connectivity index (χ4v) is 4.91. The van der Waals surface area contributed by atoms with E-state index in [1.807, 2.05) is 30.3 Å². The molecule has 0 spiro atoms. The van der Waals surface area contributed by atoms with Gasteiger partial charge in [0.05, 0.1) is 17.6 Å². The molecule has 1 saturated heterocycles. The first-order valence-electron chi connectivity index (χ1n) is 16.1. The topological polar surface area (TPSA) is 171 Å². The van der Waals surface area contributed by atoms with Gasteiger partial charge in [0.2, 0.25) is 18.2 Å². The van der Waals surface area contributed by atoms with Crippen molar-refractivity contribution in [2.24, 2.45) is 11.8 Å². The van der Waals surface area contributed by atoms with Gasteiger partial charge in [-0.1, -0.05) is 70.2 Å². The Kier molecular flexibility index (Phi) is 14.4. The molecule has 49 heavy (non-hydrogen) atoms. The quantitative estimate of drug-likeness (QED) is 0.197. The summed E-state index contributed by atoms with van der Waals surface area (Å²) in [5.74, 6) is -3.85. The number of para-hydroxylation sites is 2. The second-order valence-corrected chi connectivity index (χ2v) is 12.2. The molecule has 3 amide bonds. The van der Waals surface area contributed by atoms with E-state index in [9.17, 15) is 37.9 Å². The van der Waals surface area contributed by atoms with Gasteiger partial charge in [0.15, 0.2) is 0 Å². The maximum atomic E-state index is 13.0. The number of hydrogen-bond donors (Lipinski definition) is 4. The number of hydrogen-bond acceptors (Lipinski definition) is 7. The molecule has 0 saturated carbocycles. The highest BCUT2D eigenvalue weighted by Gasteiger charge is 2.38. The predicted molar refractivity (Wildman–Crippen MR) is 181 cm³/mol. The molecule has 0 radical (unpaired) electrons. The van der Waals surface area contributed by atoms with E-state index in [2.05, 4.69) is 41.4 Å². The number of carboxylic acids is 1. The standard InChI is InChI=1S/C31H33F2N5O7.C4H10/c1-18(27(32)33)25(30(42)43)37-28(40)23-13-7-14-38(23)24(39)17-34-31(44)45-15-5-4-8-19-9-6-10-20(16-19)26-29(41)36-22-12-3-2-11-21(22)35-26;1-4(2)3/h2-4,6,8-12,16,18,23,25,27H,5,7,13-15,17H2,1H3,(H,34,44)(H,36,41)(H,37,40)(H,42,43);4H,1-3H3/b8-4+;. The van der Waals surface area contributed by atoms with E-state index in [1.165, 1.54) is 4.90 Å². The molecule has 1 aliphatic rings. The minimum absolute atomic E-state index is 0.00968. The van der Waals surface area contributed by atoms with Crippen LogP contribution in [0.3, 0.4) is 0 Å². The van der Waals surface area contributed by atoms with Crippen molar-refractivity contribution in [3.05, 3.63) is 70.5 Å². The molecule has 4 N–H and O–H groups in total. The van der Waals surface area contributed by atoms with Crippen LogP contribution in [-0.4, -0.2) is 82.1 Å². The van der Waals surface area contributed by atoms with Crippen molar-refractivity contribution in [2.75, 3.05) is 19.7 Å². The van der Waals surface area contributed by atoms with Crippen molar-refractivity contribution in [3.8, 4) is 11.3 Å². The molecule has 1 aromatic heterocycles. The maximum absolute atomic E-state index is 13.0. The summed E-state index contributed by atoms with van der Waals surface area (Å²) in [4.78, 5) is 69.9. The Bertz CT molecular complexity index is 1690. The Balaban J connectivity index is 0.00000154. The van der Waals surface area contributed by atoms with E-state index in [0.717, 1.165) is 18.4 Å². The van der Waals surface area contributed by atoms with Gasteiger partial charge in [-0.3, -0.25) is 14.4 Å². The van der Waals surface area contributed by atoms with Crippen molar-refractivity contribution in [1.82, 2.24) is 25.5 Å². The highest BCUT2D eigenvalue weighted by atomic mass is 19.3. The number of nitrogens with zero attached hydrogens (tertiary/aromatic N) is 2. The average Bonchev–Trinajstić information content (AvgIpc) is 3.55. The molecule has 3 aromatic rings. The normalized spacial score (nSPS) is 15.5. The lowest BCUT2D eigenvalue weighted by Gasteiger charge is -2.27. The third-order valence-corrected chi connectivity index (χ3v) is 7.33. The number of carbonyl (C=O) groups excluding carboxylic acids is 3. The first-order chi connectivity index (χ1) is 23.3. The van der Waals surface area contributed by atoms with Gasteiger partial charge in [-0.05, 0) is 48.9 Å². The van der Waals surface area contributed by atoms with Gasteiger partial charge < -0.3 is 30.4 Å². The second kappa shape index (κ2) is 18.4. The fraction of sp³-hybridized carbons (Fsp3) is 0.429. The maximum Gasteiger partial charge on any atom is 0.407 e. The number of likely N-dealkylation sites (tertiary alicyclic amines) is 1. The number of aromatic amines is 1. The lowest BCUT2D eigenvalue weighted by molar-refractivity contribution is -0.146. The Morgan fingerprint density at radius 1 is 1.10 bits per heavy atom. The summed E-state index contributed by atoms with van der Waals surface area (Å²) < 4.78 is 31.2. The van der Waals surface area contributed by atoms with Crippen LogP contribution in [0.2, 0.25) is 0 Å². The van der Waals surface area contributed by atoms with Gasteiger partial charge in [-0.2, -0.15) is 0 Å². The van der Waals surface area contributed by atoms with Crippen molar-refractivity contribution in [3.63, 3.8) is 0 Å². The SMILES string of the molecule is CC(C(F)F)C(NC(=O)C1CCCN1C(=O)CNC(=O)OCC/C=C/c1cccc(-c2nc3ccccc3[nH]c2=O)c1)C(=O)O.CC(C)C. The Morgan fingerprint density at radius 2 is 1.82 bits per heavy atom. The van der Waals surface area contributed by atoms with Crippen LogP contribution in [0.4, 0.5) is 13.6 Å². The van der Waals surface area contributed by atoms with Gasteiger partial charge in [-0.25, -0.2) is 23.4 Å². The zero-order chi connectivity index (χ0) is 36.1. The summed E-state index contributed by atoms with van der Waals surface area (Å²) in [7, 11) is 0. The number of carbonyl (C=O) groups is 4. The zero-order valence-corrected chi connectivity index (χ0v) is 27.9. The highest BCUT2D eigenvalue weighted by molar-refractivity contribution is 5.92. The first kappa shape index (κ1) is 38.3. The summed E-state index contributed by atoms with van der Waals surface area (Å²) >= 11 is 0.